The number of hydrogen-bond donors (Lipinski definition) is 0. The van der Waals surface area contributed by atoms with Crippen molar-refractivity contribution in [1.82, 2.24) is 4.31 Å². The van der Waals surface area contributed by atoms with Crippen LogP contribution in [-0.4, -0.2) is 31.8 Å². The van der Waals surface area contributed by atoms with Gasteiger partial charge in [0.15, 0.2) is 0 Å². The Hall–Kier alpha value is -2.32. The largest absolute Gasteiger partial charge is 0.469 e. The first kappa shape index (κ1) is 21.4. The van der Waals surface area contributed by atoms with Crippen LogP contribution in [-0.2, 0) is 32.5 Å². The molecule has 0 N–H and O–H groups in total. The van der Waals surface area contributed by atoms with Crippen molar-refractivity contribution in [1.29, 1.82) is 0 Å². The predicted octanol–water partition coefficient (Wildman–Crippen LogP) is 3.74. The third kappa shape index (κ3) is 4.48. The van der Waals surface area contributed by atoms with E-state index < -0.39 is 39.3 Å². The molecule has 1 saturated heterocycles. The summed E-state index contributed by atoms with van der Waals surface area (Å²) in [7, 11) is -2.59. The van der Waals surface area contributed by atoms with E-state index in [0.717, 1.165) is 19.2 Å². The van der Waals surface area contributed by atoms with Crippen molar-refractivity contribution in [3.05, 3.63) is 70.8 Å². The molecule has 3 rings (SSSR count). The minimum absolute atomic E-state index is 0.0692. The SMILES string of the molecule is COC(=O)Cc1cc(F)c(CN2[C@@H](C)CC[C@H](c3ccccc3)S2(=O)=O)cc1F. The minimum Gasteiger partial charge on any atom is -0.469 e. The summed E-state index contributed by atoms with van der Waals surface area (Å²) < 4.78 is 61.1. The number of carbonyl (C=O) groups is 1. The Kier molecular flexibility index (Phi) is 6.33. The number of benzene rings is 2. The zero-order valence-electron chi connectivity index (χ0n) is 16.3. The first-order valence-corrected chi connectivity index (χ1v) is 10.8. The average molecular weight is 423 g/mol. The van der Waals surface area contributed by atoms with Crippen molar-refractivity contribution in [2.45, 2.75) is 44.0 Å². The maximum Gasteiger partial charge on any atom is 0.310 e. The quantitative estimate of drug-likeness (QED) is 0.688. The number of nitrogens with zero attached hydrogens (tertiary/aromatic N) is 1. The average Bonchev–Trinajstić information content (AvgIpc) is 2.68. The summed E-state index contributed by atoms with van der Waals surface area (Å²) in [6.45, 7) is 1.49. The first-order valence-electron chi connectivity index (χ1n) is 9.33. The van der Waals surface area contributed by atoms with Gasteiger partial charge in [-0.05, 0) is 37.5 Å². The molecule has 1 heterocycles. The summed E-state index contributed by atoms with van der Waals surface area (Å²) in [6.07, 6.45) is 0.691. The highest BCUT2D eigenvalue weighted by atomic mass is 32.2. The number of ether oxygens (including phenoxy) is 1. The van der Waals surface area contributed by atoms with Gasteiger partial charge in [0, 0.05) is 23.7 Å². The van der Waals surface area contributed by atoms with Gasteiger partial charge in [0.05, 0.1) is 13.5 Å². The van der Waals surface area contributed by atoms with Crippen molar-refractivity contribution < 1.29 is 26.7 Å². The van der Waals surface area contributed by atoms with Crippen LogP contribution in [0.3, 0.4) is 0 Å². The predicted molar refractivity (Wildman–Crippen MR) is 104 cm³/mol. The van der Waals surface area contributed by atoms with Crippen molar-refractivity contribution in [3.63, 3.8) is 0 Å². The van der Waals surface area contributed by atoms with E-state index in [1.54, 1.807) is 31.2 Å². The van der Waals surface area contributed by atoms with Gasteiger partial charge in [-0.15, -0.1) is 0 Å². The fraction of sp³-hybridized carbons (Fsp3) is 0.381. The lowest BCUT2D eigenvalue weighted by Crippen LogP contribution is -2.44. The molecule has 1 aliphatic heterocycles. The number of hydrogen-bond acceptors (Lipinski definition) is 4. The van der Waals surface area contributed by atoms with Crippen molar-refractivity contribution in [2.24, 2.45) is 0 Å². The number of methoxy groups -OCH3 is 1. The maximum absolute atomic E-state index is 14.6. The third-order valence-electron chi connectivity index (χ3n) is 5.30. The zero-order chi connectivity index (χ0) is 21.2. The van der Waals surface area contributed by atoms with Crippen LogP contribution >= 0.6 is 0 Å². The van der Waals surface area contributed by atoms with Crippen LogP contribution in [0, 0.1) is 11.6 Å². The van der Waals surface area contributed by atoms with Gasteiger partial charge in [-0.2, -0.15) is 4.31 Å². The smallest absolute Gasteiger partial charge is 0.310 e. The summed E-state index contributed by atoms with van der Waals surface area (Å²) in [6, 6.07) is 10.4. The molecule has 156 valence electrons. The van der Waals surface area contributed by atoms with E-state index in [2.05, 4.69) is 4.74 Å². The van der Waals surface area contributed by atoms with E-state index in [9.17, 15) is 22.0 Å². The number of halogens is 2. The molecule has 0 saturated carbocycles. The third-order valence-corrected chi connectivity index (χ3v) is 7.67. The number of rotatable bonds is 5. The van der Waals surface area contributed by atoms with Gasteiger partial charge in [-0.25, -0.2) is 17.2 Å². The second kappa shape index (κ2) is 8.59. The van der Waals surface area contributed by atoms with E-state index in [0.29, 0.717) is 18.4 Å². The molecule has 0 aromatic heterocycles. The Balaban J connectivity index is 1.90. The molecule has 2 atom stereocenters. The highest BCUT2D eigenvalue weighted by Gasteiger charge is 2.40. The topological polar surface area (TPSA) is 63.7 Å². The van der Waals surface area contributed by atoms with Crippen LogP contribution in [0.1, 0.15) is 41.7 Å². The molecule has 0 radical (unpaired) electrons. The van der Waals surface area contributed by atoms with E-state index in [4.69, 9.17) is 0 Å². The van der Waals surface area contributed by atoms with Crippen LogP contribution in [0.25, 0.3) is 0 Å². The van der Waals surface area contributed by atoms with Gasteiger partial charge in [0.25, 0.3) is 0 Å². The van der Waals surface area contributed by atoms with Gasteiger partial charge < -0.3 is 4.74 Å². The Labute approximate surface area is 169 Å². The van der Waals surface area contributed by atoms with Gasteiger partial charge in [0.1, 0.15) is 16.9 Å². The van der Waals surface area contributed by atoms with Crippen LogP contribution in [0.4, 0.5) is 8.78 Å². The summed E-state index contributed by atoms with van der Waals surface area (Å²) in [4.78, 5) is 11.3. The monoisotopic (exact) mass is 423 g/mol. The number of carbonyl (C=O) groups excluding carboxylic acids is 1. The molecule has 0 bridgehead atoms. The Bertz CT molecular complexity index is 995. The molecule has 0 aliphatic carbocycles. The van der Waals surface area contributed by atoms with E-state index in [1.807, 2.05) is 6.07 Å². The summed E-state index contributed by atoms with van der Waals surface area (Å²) in [5.41, 5.74) is 0.486. The summed E-state index contributed by atoms with van der Waals surface area (Å²) in [5, 5.41) is -0.716. The highest BCUT2D eigenvalue weighted by Crippen LogP contribution is 2.38. The Morgan fingerprint density at radius 3 is 2.38 bits per heavy atom. The van der Waals surface area contributed by atoms with E-state index in [1.165, 1.54) is 4.31 Å². The fourth-order valence-electron chi connectivity index (χ4n) is 3.63. The lowest BCUT2D eigenvalue weighted by atomic mass is 10.0. The molecule has 0 spiro atoms. The normalized spacial score (nSPS) is 21.7. The molecular weight excluding hydrogens is 400 g/mol. The highest BCUT2D eigenvalue weighted by molar-refractivity contribution is 7.89. The molecule has 0 unspecified atom stereocenters. The second-order valence-electron chi connectivity index (χ2n) is 7.20. The molecule has 1 aliphatic rings. The molecule has 2 aromatic rings. The van der Waals surface area contributed by atoms with E-state index >= 15 is 0 Å². The van der Waals surface area contributed by atoms with Crippen molar-refractivity contribution in [3.8, 4) is 0 Å². The van der Waals surface area contributed by atoms with Crippen LogP contribution < -0.4 is 0 Å². The molecular formula is C21H23F2NO4S. The van der Waals surface area contributed by atoms with Crippen LogP contribution in [0.2, 0.25) is 0 Å². The molecule has 8 heteroatoms. The van der Waals surface area contributed by atoms with Gasteiger partial charge in [-0.3, -0.25) is 4.79 Å². The van der Waals surface area contributed by atoms with Crippen molar-refractivity contribution in [2.75, 3.05) is 7.11 Å². The standard InChI is InChI=1S/C21H23F2NO4S/c1-14-8-9-20(15-6-4-3-5-7-15)29(26,27)24(14)13-17-11-18(22)16(10-19(17)23)12-21(25)28-2/h3-7,10-11,14,20H,8-9,12-13H2,1-2H3/t14-,20+/m0/s1. The second-order valence-corrected chi connectivity index (χ2v) is 9.27. The summed E-state index contributed by atoms with van der Waals surface area (Å²) >= 11 is 0. The molecule has 2 aromatic carbocycles. The summed E-state index contributed by atoms with van der Waals surface area (Å²) in [5.74, 6) is -2.21. The van der Waals surface area contributed by atoms with Crippen LogP contribution in [0.15, 0.2) is 42.5 Å². The van der Waals surface area contributed by atoms with Gasteiger partial charge in [0.2, 0.25) is 10.0 Å². The Morgan fingerprint density at radius 1 is 1.10 bits per heavy atom. The van der Waals surface area contributed by atoms with E-state index in [-0.39, 0.29) is 23.7 Å². The molecule has 1 fully saturated rings. The van der Waals surface area contributed by atoms with Crippen LogP contribution in [0.5, 0.6) is 0 Å². The molecule has 0 amide bonds. The fourth-order valence-corrected chi connectivity index (χ4v) is 5.82. The number of sulfonamides is 1. The van der Waals surface area contributed by atoms with Gasteiger partial charge >= 0.3 is 5.97 Å². The maximum atomic E-state index is 14.6. The molecule has 5 nitrogen and oxygen atoms in total. The Morgan fingerprint density at radius 2 is 1.72 bits per heavy atom. The van der Waals surface area contributed by atoms with Gasteiger partial charge in [-0.1, -0.05) is 30.3 Å². The minimum atomic E-state index is -3.76. The number of esters is 1. The lowest BCUT2D eigenvalue weighted by Gasteiger charge is -2.37. The zero-order valence-corrected chi connectivity index (χ0v) is 17.1. The lowest BCUT2D eigenvalue weighted by molar-refractivity contribution is -0.139. The molecule has 29 heavy (non-hydrogen) atoms. The van der Waals surface area contributed by atoms with Crippen molar-refractivity contribution >= 4 is 16.0 Å². The first-order chi connectivity index (χ1) is 13.7.